The van der Waals surface area contributed by atoms with Crippen molar-refractivity contribution in [3.8, 4) is 16.9 Å². The minimum atomic E-state index is -0.159. The highest BCUT2D eigenvalue weighted by molar-refractivity contribution is 5.96. The molecule has 4 nitrogen and oxygen atoms in total. The zero-order valence-corrected chi connectivity index (χ0v) is 16.0. The number of aromatic nitrogens is 1. The number of nitrogens with zero attached hydrogens (tertiary/aromatic N) is 1. The van der Waals surface area contributed by atoms with Gasteiger partial charge in [-0.2, -0.15) is 0 Å². The molecule has 136 valence electrons. The van der Waals surface area contributed by atoms with Gasteiger partial charge in [-0.25, -0.2) is 0 Å². The molecule has 0 atom stereocenters. The largest absolute Gasteiger partial charge is 0.496 e. The third-order valence-electron chi connectivity index (χ3n) is 4.73. The maximum absolute atomic E-state index is 12.4. The van der Waals surface area contributed by atoms with Crippen molar-refractivity contribution in [3.05, 3.63) is 64.1 Å². The summed E-state index contributed by atoms with van der Waals surface area (Å²) in [5, 5.41) is 11.5. The van der Waals surface area contributed by atoms with E-state index >= 15 is 0 Å². The number of methoxy groups -OCH3 is 1. The highest BCUT2D eigenvalue weighted by atomic mass is 16.5. The summed E-state index contributed by atoms with van der Waals surface area (Å²) in [6, 6.07) is 11.6. The first kappa shape index (κ1) is 18.2. The van der Waals surface area contributed by atoms with E-state index in [1.165, 1.54) is 0 Å². The Kier molecular flexibility index (Phi) is 4.63. The van der Waals surface area contributed by atoms with Gasteiger partial charge in [0.15, 0.2) is 0 Å². The van der Waals surface area contributed by atoms with Crippen molar-refractivity contribution in [2.45, 2.75) is 32.8 Å². The highest BCUT2D eigenvalue weighted by Gasteiger charge is 2.24. The number of hydrogen-bond donors (Lipinski definition) is 1. The molecule has 0 saturated heterocycles. The predicted molar refractivity (Wildman–Crippen MR) is 106 cm³/mol. The number of pyridine rings is 1. The molecule has 0 saturated carbocycles. The molecular weight excluding hydrogens is 326 g/mol. The molecule has 0 amide bonds. The van der Waals surface area contributed by atoms with Crippen molar-refractivity contribution in [3.63, 3.8) is 0 Å². The summed E-state index contributed by atoms with van der Waals surface area (Å²) >= 11 is 0. The van der Waals surface area contributed by atoms with Gasteiger partial charge in [-0.1, -0.05) is 39.0 Å². The second-order valence-electron chi connectivity index (χ2n) is 7.63. The second kappa shape index (κ2) is 6.61. The maximum Gasteiger partial charge on any atom is 0.258 e. The quantitative estimate of drug-likeness (QED) is 0.776. The molecule has 4 heteroatoms. The van der Waals surface area contributed by atoms with E-state index in [1.807, 2.05) is 42.6 Å². The van der Waals surface area contributed by atoms with E-state index in [4.69, 9.17) is 4.74 Å². The lowest BCUT2D eigenvalue weighted by Crippen LogP contribution is -2.17. The van der Waals surface area contributed by atoms with Gasteiger partial charge >= 0.3 is 0 Å². The lowest BCUT2D eigenvalue weighted by molar-refractivity contribution is 0.276. The van der Waals surface area contributed by atoms with Crippen LogP contribution < -0.4 is 10.3 Å². The molecule has 1 aromatic heterocycles. The minimum absolute atomic E-state index is 0.0231. The Morgan fingerprint density at radius 3 is 2.35 bits per heavy atom. The summed E-state index contributed by atoms with van der Waals surface area (Å²) in [7, 11) is 3.40. The second-order valence-corrected chi connectivity index (χ2v) is 7.63. The van der Waals surface area contributed by atoms with Crippen LogP contribution in [0.3, 0.4) is 0 Å². The Balaban J connectivity index is 2.38. The Morgan fingerprint density at radius 2 is 1.77 bits per heavy atom. The number of fused-ring (bicyclic) bond motifs is 1. The maximum atomic E-state index is 12.4. The fourth-order valence-electron chi connectivity index (χ4n) is 3.61. The van der Waals surface area contributed by atoms with Gasteiger partial charge in [0.25, 0.3) is 5.56 Å². The first-order valence-corrected chi connectivity index (χ1v) is 8.69. The molecular formula is C22H25NO3. The predicted octanol–water partition coefficient (Wildman–Crippen LogP) is 4.00. The van der Waals surface area contributed by atoms with E-state index < -0.39 is 0 Å². The van der Waals surface area contributed by atoms with Crippen molar-refractivity contribution < 1.29 is 9.84 Å². The van der Waals surface area contributed by atoms with Crippen LogP contribution in [0, 0.1) is 0 Å². The van der Waals surface area contributed by atoms with E-state index in [-0.39, 0.29) is 17.6 Å². The van der Waals surface area contributed by atoms with Crippen LogP contribution in [-0.4, -0.2) is 16.8 Å². The molecule has 0 spiro atoms. The number of rotatable bonds is 3. The molecule has 0 aliphatic carbocycles. The molecule has 2 aromatic carbocycles. The Hall–Kier alpha value is -2.59. The number of benzene rings is 2. The lowest BCUT2D eigenvalue weighted by Gasteiger charge is -2.26. The van der Waals surface area contributed by atoms with E-state index in [0.29, 0.717) is 5.39 Å². The van der Waals surface area contributed by atoms with E-state index in [1.54, 1.807) is 18.7 Å². The smallest absolute Gasteiger partial charge is 0.258 e. The molecule has 0 bridgehead atoms. The highest BCUT2D eigenvalue weighted by Crippen LogP contribution is 2.39. The molecule has 1 heterocycles. The minimum Gasteiger partial charge on any atom is -0.496 e. The monoisotopic (exact) mass is 351 g/mol. The van der Waals surface area contributed by atoms with Crippen LogP contribution in [0.5, 0.6) is 5.75 Å². The van der Waals surface area contributed by atoms with Crippen LogP contribution in [0.15, 0.2) is 47.4 Å². The van der Waals surface area contributed by atoms with Crippen LogP contribution in [0.1, 0.15) is 31.9 Å². The zero-order chi connectivity index (χ0) is 19.1. The SMILES string of the molecule is COc1cc(-c2cn(C)c(=O)c3ccccc23)cc(CO)c1C(C)(C)C. The van der Waals surface area contributed by atoms with Crippen molar-refractivity contribution in [2.75, 3.05) is 7.11 Å². The van der Waals surface area contributed by atoms with E-state index in [2.05, 4.69) is 20.8 Å². The lowest BCUT2D eigenvalue weighted by atomic mass is 9.81. The van der Waals surface area contributed by atoms with Gasteiger partial charge in [0.2, 0.25) is 0 Å². The molecule has 26 heavy (non-hydrogen) atoms. The first-order valence-electron chi connectivity index (χ1n) is 8.69. The number of ether oxygens (including phenoxy) is 1. The third kappa shape index (κ3) is 3.01. The average molecular weight is 351 g/mol. The number of hydrogen-bond acceptors (Lipinski definition) is 3. The standard InChI is InChI=1S/C22H25NO3/c1-22(2,3)20-15(13-24)10-14(11-19(20)26-5)18-12-23(4)21(25)17-9-7-6-8-16(17)18/h6-12,24H,13H2,1-5H3. The summed E-state index contributed by atoms with van der Waals surface area (Å²) in [6.07, 6.45) is 1.84. The van der Waals surface area contributed by atoms with Crippen LogP contribution in [-0.2, 0) is 19.1 Å². The molecule has 3 rings (SSSR count). The van der Waals surface area contributed by atoms with Crippen molar-refractivity contribution in [1.82, 2.24) is 4.57 Å². The van der Waals surface area contributed by atoms with Crippen LogP contribution in [0.2, 0.25) is 0 Å². The van der Waals surface area contributed by atoms with Crippen LogP contribution in [0.4, 0.5) is 0 Å². The third-order valence-corrected chi connectivity index (χ3v) is 4.73. The summed E-state index contributed by atoms with van der Waals surface area (Å²) in [6.45, 7) is 6.24. The van der Waals surface area contributed by atoms with E-state index in [0.717, 1.165) is 33.4 Å². The molecule has 1 N–H and O–H groups in total. The zero-order valence-electron chi connectivity index (χ0n) is 16.0. The van der Waals surface area contributed by atoms with Crippen LogP contribution >= 0.6 is 0 Å². The van der Waals surface area contributed by atoms with Crippen molar-refractivity contribution >= 4 is 10.8 Å². The van der Waals surface area contributed by atoms with Gasteiger partial charge < -0.3 is 14.4 Å². The van der Waals surface area contributed by atoms with Gasteiger partial charge in [-0.3, -0.25) is 4.79 Å². The number of aliphatic hydroxyl groups is 1. The Bertz CT molecular complexity index is 1000. The topological polar surface area (TPSA) is 51.5 Å². The average Bonchev–Trinajstić information content (AvgIpc) is 2.62. The molecule has 0 aliphatic heterocycles. The van der Waals surface area contributed by atoms with E-state index in [9.17, 15) is 9.90 Å². The molecule has 0 radical (unpaired) electrons. The summed E-state index contributed by atoms with van der Waals surface area (Å²) in [4.78, 5) is 12.4. The van der Waals surface area contributed by atoms with Gasteiger partial charge in [-0.15, -0.1) is 0 Å². The van der Waals surface area contributed by atoms with Gasteiger partial charge in [0, 0.05) is 29.8 Å². The fourth-order valence-corrected chi connectivity index (χ4v) is 3.61. The molecule has 3 aromatic rings. The summed E-state index contributed by atoms with van der Waals surface area (Å²) in [5.74, 6) is 0.747. The van der Waals surface area contributed by atoms with Gasteiger partial charge in [0.05, 0.1) is 13.7 Å². The van der Waals surface area contributed by atoms with Crippen LogP contribution in [0.25, 0.3) is 21.9 Å². The van der Waals surface area contributed by atoms with Crippen molar-refractivity contribution in [1.29, 1.82) is 0 Å². The summed E-state index contributed by atoms with van der Waals surface area (Å²) in [5.41, 5.74) is 3.52. The number of aliphatic hydroxyl groups excluding tert-OH is 1. The Morgan fingerprint density at radius 1 is 1.12 bits per heavy atom. The molecule has 0 unspecified atom stereocenters. The molecule has 0 aliphatic rings. The van der Waals surface area contributed by atoms with Gasteiger partial charge in [0.1, 0.15) is 5.75 Å². The summed E-state index contributed by atoms with van der Waals surface area (Å²) < 4.78 is 7.26. The normalized spacial score (nSPS) is 11.8. The Labute approximate surface area is 153 Å². The fraction of sp³-hybridized carbons (Fsp3) is 0.318. The van der Waals surface area contributed by atoms with Crippen molar-refractivity contribution in [2.24, 2.45) is 7.05 Å². The first-order chi connectivity index (χ1) is 12.3. The molecule has 0 fully saturated rings. The number of aryl methyl sites for hydroxylation is 1. The van der Waals surface area contributed by atoms with Gasteiger partial charge in [-0.05, 0) is 40.1 Å².